The zero-order chi connectivity index (χ0) is 23.8. The Labute approximate surface area is 193 Å². The number of fused-ring (bicyclic) bond motifs is 3. The van der Waals surface area contributed by atoms with Crippen LogP contribution in [0.5, 0.6) is 17.2 Å². The van der Waals surface area contributed by atoms with E-state index in [0.717, 1.165) is 16.7 Å². The summed E-state index contributed by atoms with van der Waals surface area (Å²) in [6.07, 6.45) is -4.32. The molecule has 1 atom stereocenters. The molecule has 176 valence electrons. The Morgan fingerprint density at radius 3 is 2.45 bits per heavy atom. The van der Waals surface area contributed by atoms with Crippen molar-refractivity contribution in [1.82, 2.24) is 9.88 Å². The van der Waals surface area contributed by atoms with Gasteiger partial charge in [0.05, 0.1) is 37.7 Å². The minimum atomic E-state index is -4.63. The molecular formula is C23H23F3N2O4S. The highest BCUT2D eigenvalue weighted by molar-refractivity contribution is 8.00. The van der Waals surface area contributed by atoms with E-state index in [9.17, 15) is 18.0 Å². The van der Waals surface area contributed by atoms with E-state index in [0.29, 0.717) is 45.0 Å². The molecule has 1 aliphatic rings. The molecule has 1 aliphatic heterocycles. The summed E-state index contributed by atoms with van der Waals surface area (Å²) < 4.78 is 58.3. The number of amides is 1. The molecule has 0 radical (unpaired) electrons. The van der Waals surface area contributed by atoms with Crippen molar-refractivity contribution in [2.45, 2.75) is 23.5 Å². The lowest BCUT2D eigenvalue weighted by atomic mass is 9.96. The number of carbonyl (C=O) groups is 1. The van der Waals surface area contributed by atoms with Crippen LogP contribution >= 0.6 is 11.8 Å². The molecule has 33 heavy (non-hydrogen) atoms. The van der Waals surface area contributed by atoms with Gasteiger partial charge in [-0.1, -0.05) is 0 Å². The van der Waals surface area contributed by atoms with Gasteiger partial charge in [-0.2, -0.15) is 13.2 Å². The molecule has 2 heterocycles. The lowest BCUT2D eigenvalue weighted by Crippen LogP contribution is -2.47. The fourth-order valence-corrected chi connectivity index (χ4v) is 5.06. The lowest BCUT2D eigenvalue weighted by Gasteiger charge is -2.36. The summed E-state index contributed by atoms with van der Waals surface area (Å²) in [6, 6.07) is 8.15. The molecule has 0 saturated carbocycles. The van der Waals surface area contributed by atoms with Crippen LogP contribution in [0, 0.1) is 0 Å². The third-order valence-corrected chi connectivity index (χ3v) is 6.71. The van der Waals surface area contributed by atoms with E-state index >= 15 is 0 Å². The molecule has 0 saturated heterocycles. The Balaban J connectivity index is 1.63. The molecule has 3 aromatic rings. The number of halogens is 3. The number of hydrogen-bond acceptors (Lipinski definition) is 5. The molecule has 1 unspecified atom stereocenters. The van der Waals surface area contributed by atoms with Crippen molar-refractivity contribution in [2.24, 2.45) is 0 Å². The van der Waals surface area contributed by atoms with E-state index in [1.807, 2.05) is 0 Å². The van der Waals surface area contributed by atoms with Crippen molar-refractivity contribution >= 4 is 28.6 Å². The predicted octanol–water partition coefficient (Wildman–Crippen LogP) is 4.97. The Bertz CT molecular complexity index is 1180. The second-order valence-corrected chi connectivity index (χ2v) is 8.53. The lowest BCUT2D eigenvalue weighted by molar-refractivity contribution is -0.193. The Morgan fingerprint density at radius 1 is 1.09 bits per heavy atom. The van der Waals surface area contributed by atoms with Gasteiger partial charge in [-0.25, -0.2) is 0 Å². The number of nitrogens with zero attached hydrogens (tertiary/aromatic N) is 1. The van der Waals surface area contributed by atoms with Gasteiger partial charge in [0.2, 0.25) is 5.91 Å². The number of carbonyl (C=O) groups excluding carboxylic acids is 1. The fraction of sp³-hybridized carbons (Fsp3) is 0.348. The number of aromatic amines is 1. The third-order valence-electron chi connectivity index (χ3n) is 5.69. The minimum Gasteiger partial charge on any atom is -0.497 e. The number of benzene rings is 2. The van der Waals surface area contributed by atoms with Crippen LogP contribution in [0.3, 0.4) is 0 Å². The average molecular weight is 481 g/mol. The van der Waals surface area contributed by atoms with Crippen LogP contribution in [0.2, 0.25) is 0 Å². The second kappa shape index (κ2) is 9.09. The topological polar surface area (TPSA) is 63.8 Å². The molecule has 0 spiro atoms. The van der Waals surface area contributed by atoms with Gasteiger partial charge in [-0.3, -0.25) is 4.79 Å². The SMILES string of the molecule is COc1ccc(OC)c(SCC(=O)N2CCc3c([nH]c4ccc(OC)cc34)C2C(F)(F)F)c1. The number of hydrogen-bond donors (Lipinski definition) is 1. The molecule has 1 aromatic heterocycles. The largest absolute Gasteiger partial charge is 0.497 e. The van der Waals surface area contributed by atoms with Gasteiger partial charge >= 0.3 is 6.18 Å². The van der Waals surface area contributed by atoms with Crippen LogP contribution in [-0.2, 0) is 11.2 Å². The summed E-state index contributed by atoms with van der Waals surface area (Å²) in [5.41, 5.74) is 1.16. The molecule has 6 nitrogen and oxygen atoms in total. The third kappa shape index (κ3) is 4.44. The van der Waals surface area contributed by atoms with Crippen LogP contribution in [0.25, 0.3) is 10.9 Å². The highest BCUT2D eigenvalue weighted by Crippen LogP contribution is 2.44. The first-order valence-electron chi connectivity index (χ1n) is 10.2. The normalized spacial score (nSPS) is 15.9. The molecule has 2 aromatic carbocycles. The predicted molar refractivity (Wildman–Crippen MR) is 119 cm³/mol. The quantitative estimate of drug-likeness (QED) is 0.505. The number of H-pyrrole nitrogens is 1. The van der Waals surface area contributed by atoms with Gasteiger partial charge in [-0.05, 0) is 48.4 Å². The van der Waals surface area contributed by atoms with E-state index in [1.165, 1.54) is 21.3 Å². The van der Waals surface area contributed by atoms with Crippen LogP contribution in [-0.4, -0.2) is 55.6 Å². The standard InChI is InChI=1S/C23H23F3N2O4S/c1-30-13-4-6-17-16(10-13)15-8-9-28(22(21(15)27-17)23(24,25)26)20(29)12-33-19-11-14(31-2)5-7-18(19)32-3/h4-7,10-11,22,27H,8-9,12H2,1-3H3. The molecule has 1 amide bonds. The van der Waals surface area contributed by atoms with E-state index in [1.54, 1.807) is 36.4 Å². The minimum absolute atomic E-state index is 0.00862. The van der Waals surface area contributed by atoms with Crippen molar-refractivity contribution in [1.29, 1.82) is 0 Å². The number of ether oxygens (including phenoxy) is 3. The molecule has 10 heteroatoms. The van der Waals surface area contributed by atoms with Crippen LogP contribution < -0.4 is 14.2 Å². The number of thioether (sulfide) groups is 1. The summed E-state index contributed by atoms with van der Waals surface area (Å²) in [4.78, 5) is 17.4. The van der Waals surface area contributed by atoms with Crippen molar-refractivity contribution < 1.29 is 32.2 Å². The van der Waals surface area contributed by atoms with Gasteiger partial charge in [0, 0.05) is 17.4 Å². The van der Waals surface area contributed by atoms with E-state index in [-0.39, 0.29) is 18.0 Å². The molecule has 1 N–H and O–H groups in total. The van der Waals surface area contributed by atoms with Gasteiger partial charge in [0.1, 0.15) is 17.2 Å². The van der Waals surface area contributed by atoms with Crippen molar-refractivity contribution in [3.05, 3.63) is 47.7 Å². The summed E-state index contributed by atoms with van der Waals surface area (Å²) >= 11 is 1.12. The maximum absolute atomic E-state index is 14.2. The average Bonchev–Trinajstić information content (AvgIpc) is 3.18. The van der Waals surface area contributed by atoms with E-state index < -0.39 is 18.1 Å². The summed E-state index contributed by atoms with van der Waals surface area (Å²) in [6.45, 7) is -0.0318. The highest BCUT2D eigenvalue weighted by atomic mass is 32.2. The first-order valence-corrected chi connectivity index (χ1v) is 11.1. The first kappa shape index (κ1) is 23.2. The van der Waals surface area contributed by atoms with E-state index in [4.69, 9.17) is 14.2 Å². The van der Waals surface area contributed by atoms with Crippen molar-refractivity contribution in [3.63, 3.8) is 0 Å². The van der Waals surface area contributed by atoms with Crippen LogP contribution in [0.15, 0.2) is 41.3 Å². The maximum Gasteiger partial charge on any atom is 0.414 e. The molecule has 4 rings (SSSR count). The monoisotopic (exact) mass is 480 g/mol. The second-order valence-electron chi connectivity index (χ2n) is 7.52. The first-order chi connectivity index (χ1) is 15.8. The Hall–Kier alpha value is -3.01. The Kier molecular flexibility index (Phi) is 6.38. The Morgan fingerprint density at radius 2 is 1.79 bits per heavy atom. The molecular weight excluding hydrogens is 457 g/mol. The van der Waals surface area contributed by atoms with Gasteiger partial charge < -0.3 is 24.1 Å². The number of aromatic nitrogens is 1. The van der Waals surface area contributed by atoms with Gasteiger partial charge in [0.15, 0.2) is 6.04 Å². The van der Waals surface area contributed by atoms with Crippen LogP contribution in [0.4, 0.5) is 13.2 Å². The van der Waals surface area contributed by atoms with Crippen LogP contribution in [0.1, 0.15) is 17.3 Å². The number of methoxy groups -OCH3 is 3. The van der Waals surface area contributed by atoms with Gasteiger partial charge in [0.25, 0.3) is 0 Å². The molecule has 0 fully saturated rings. The highest BCUT2D eigenvalue weighted by Gasteiger charge is 2.50. The zero-order valence-corrected chi connectivity index (χ0v) is 19.1. The number of alkyl halides is 3. The maximum atomic E-state index is 14.2. The summed E-state index contributed by atoms with van der Waals surface area (Å²) in [7, 11) is 4.51. The zero-order valence-electron chi connectivity index (χ0n) is 18.3. The van der Waals surface area contributed by atoms with E-state index in [2.05, 4.69) is 4.98 Å². The van der Waals surface area contributed by atoms with Crippen molar-refractivity contribution in [2.75, 3.05) is 33.6 Å². The summed E-state index contributed by atoms with van der Waals surface area (Å²) in [5, 5.41) is 0.682. The summed E-state index contributed by atoms with van der Waals surface area (Å²) in [5.74, 6) is 0.880. The van der Waals surface area contributed by atoms with Gasteiger partial charge in [-0.15, -0.1) is 11.8 Å². The number of rotatable bonds is 6. The molecule has 0 aliphatic carbocycles. The number of nitrogens with one attached hydrogen (secondary N) is 1. The van der Waals surface area contributed by atoms with Crippen molar-refractivity contribution in [3.8, 4) is 17.2 Å². The molecule has 0 bridgehead atoms. The smallest absolute Gasteiger partial charge is 0.414 e. The fourth-order valence-electron chi connectivity index (χ4n) is 4.12.